The third-order valence-electron chi connectivity index (χ3n) is 3.83. The van der Waals surface area contributed by atoms with Crippen LogP contribution in [0, 0.1) is 17.0 Å². The van der Waals surface area contributed by atoms with Crippen LogP contribution in [0.1, 0.15) is 12.5 Å². The zero-order valence-corrected chi connectivity index (χ0v) is 17.3. The molecule has 8 nitrogen and oxygen atoms in total. The number of carbonyl (C=O) groups is 1. The minimum absolute atomic E-state index is 0.0481. The molecule has 1 atom stereocenters. The maximum absolute atomic E-state index is 12.4. The van der Waals surface area contributed by atoms with Crippen molar-refractivity contribution < 1.29 is 14.1 Å². The highest BCUT2D eigenvalue weighted by atomic mass is 79.9. The van der Waals surface area contributed by atoms with Crippen molar-refractivity contribution >= 4 is 45.0 Å². The Hall–Kier alpha value is -2.72. The van der Waals surface area contributed by atoms with Crippen LogP contribution < -0.4 is 5.32 Å². The van der Waals surface area contributed by atoms with Gasteiger partial charge in [-0.05, 0) is 48.0 Å². The molecule has 0 spiro atoms. The van der Waals surface area contributed by atoms with Crippen LogP contribution >= 0.6 is 27.7 Å². The van der Waals surface area contributed by atoms with Gasteiger partial charge in [-0.2, -0.15) is 0 Å². The third kappa shape index (κ3) is 4.57. The molecule has 0 radical (unpaired) electrons. The number of nitrogens with zero attached hydrogens (tertiary/aromatic N) is 3. The third-order valence-corrected chi connectivity index (χ3v) is 5.46. The standard InChI is InChI=1S/C18H15BrN4O4S/c1-10-7-8-12(9-15(10)23(25)26)20-16(24)11(2)28-18-22-21-17(27-18)13-5-3-4-6-14(13)19/h3-9,11H,1-2H3,(H,20,24). The van der Waals surface area contributed by atoms with Crippen LogP contribution in [0.5, 0.6) is 0 Å². The smallest absolute Gasteiger partial charge is 0.277 e. The second-order valence-corrected chi connectivity index (χ2v) is 8.01. The van der Waals surface area contributed by atoms with E-state index in [2.05, 4.69) is 31.4 Å². The van der Waals surface area contributed by atoms with E-state index in [4.69, 9.17) is 4.42 Å². The topological polar surface area (TPSA) is 111 Å². The quantitative estimate of drug-likeness (QED) is 0.317. The Morgan fingerprint density at radius 1 is 1.29 bits per heavy atom. The fourth-order valence-corrected chi connectivity index (χ4v) is 3.47. The Morgan fingerprint density at radius 2 is 2.04 bits per heavy atom. The number of halogens is 1. The van der Waals surface area contributed by atoms with Gasteiger partial charge in [0.2, 0.25) is 11.8 Å². The molecule has 1 aromatic heterocycles. The highest BCUT2D eigenvalue weighted by molar-refractivity contribution is 9.10. The van der Waals surface area contributed by atoms with Gasteiger partial charge in [0.1, 0.15) is 0 Å². The number of anilines is 1. The normalized spacial score (nSPS) is 11.8. The first-order chi connectivity index (χ1) is 13.3. The SMILES string of the molecule is Cc1ccc(NC(=O)C(C)Sc2nnc(-c3ccccc3Br)o2)cc1[N+](=O)[O-]. The highest BCUT2D eigenvalue weighted by Gasteiger charge is 2.20. The second-order valence-electron chi connectivity index (χ2n) is 5.86. The zero-order valence-electron chi connectivity index (χ0n) is 14.9. The lowest BCUT2D eigenvalue weighted by molar-refractivity contribution is -0.385. The molecule has 0 fully saturated rings. The van der Waals surface area contributed by atoms with Crippen LogP contribution in [0.3, 0.4) is 0 Å². The lowest BCUT2D eigenvalue weighted by atomic mass is 10.2. The maximum Gasteiger partial charge on any atom is 0.277 e. The second kappa shape index (κ2) is 8.53. The lowest BCUT2D eigenvalue weighted by Gasteiger charge is -2.10. The molecule has 0 aliphatic heterocycles. The van der Waals surface area contributed by atoms with E-state index in [1.54, 1.807) is 26.0 Å². The van der Waals surface area contributed by atoms with Gasteiger partial charge in [-0.3, -0.25) is 14.9 Å². The van der Waals surface area contributed by atoms with Gasteiger partial charge in [0, 0.05) is 21.8 Å². The molecule has 0 bridgehead atoms. The molecule has 1 unspecified atom stereocenters. The first-order valence-corrected chi connectivity index (χ1v) is 9.83. The molecule has 0 aliphatic carbocycles. The number of rotatable bonds is 6. The van der Waals surface area contributed by atoms with Gasteiger partial charge >= 0.3 is 0 Å². The minimum Gasteiger partial charge on any atom is -0.411 e. The molecule has 28 heavy (non-hydrogen) atoms. The number of nitro benzene ring substituents is 1. The van der Waals surface area contributed by atoms with E-state index >= 15 is 0 Å². The summed E-state index contributed by atoms with van der Waals surface area (Å²) in [5.41, 5.74) is 1.59. The molecule has 3 aromatic rings. The van der Waals surface area contributed by atoms with E-state index in [9.17, 15) is 14.9 Å². The number of carbonyl (C=O) groups excluding carboxylic acids is 1. The summed E-state index contributed by atoms with van der Waals surface area (Å²) in [6.07, 6.45) is 0. The molecule has 2 aromatic carbocycles. The molecule has 0 aliphatic rings. The largest absolute Gasteiger partial charge is 0.411 e. The summed E-state index contributed by atoms with van der Waals surface area (Å²) >= 11 is 4.53. The fraction of sp³-hybridized carbons (Fsp3) is 0.167. The summed E-state index contributed by atoms with van der Waals surface area (Å²) in [5.74, 6) is 0.0144. The van der Waals surface area contributed by atoms with Gasteiger partial charge < -0.3 is 9.73 Å². The van der Waals surface area contributed by atoms with E-state index < -0.39 is 10.2 Å². The monoisotopic (exact) mass is 462 g/mol. The van der Waals surface area contributed by atoms with Gasteiger partial charge in [-0.15, -0.1) is 10.2 Å². The Balaban J connectivity index is 1.68. The predicted molar refractivity (Wildman–Crippen MR) is 109 cm³/mol. The molecule has 3 rings (SSSR count). The van der Waals surface area contributed by atoms with Crippen molar-refractivity contribution in [2.24, 2.45) is 0 Å². The van der Waals surface area contributed by atoms with Crippen molar-refractivity contribution in [2.45, 2.75) is 24.3 Å². The van der Waals surface area contributed by atoms with Gasteiger partial charge in [0.25, 0.3) is 10.9 Å². The van der Waals surface area contributed by atoms with Crippen molar-refractivity contribution in [1.29, 1.82) is 0 Å². The van der Waals surface area contributed by atoms with Gasteiger partial charge in [0.05, 0.1) is 15.7 Å². The maximum atomic E-state index is 12.4. The number of aryl methyl sites for hydroxylation is 1. The van der Waals surface area contributed by atoms with Crippen molar-refractivity contribution in [1.82, 2.24) is 10.2 Å². The number of nitro groups is 1. The van der Waals surface area contributed by atoms with E-state index in [-0.39, 0.29) is 16.8 Å². The zero-order chi connectivity index (χ0) is 20.3. The number of aromatic nitrogens is 2. The Labute approximate surface area is 173 Å². The van der Waals surface area contributed by atoms with Crippen LogP contribution in [0.25, 0.3) is 11.5 Å². The molecule has 10 heteroatoms. The number of benzene rings is 2. The average Bonchev–Trinajstić information content (AvgIpc) is 3.11. The molecule has 1 amide bonds. The first kappa shape index (κ1) is 20.0. The molecular weight excluding hydrogens is 448 g/mol. The molecule has 1 heterocycles. The van der Waals surface area contributed by atoms with Crippen LogP contribution in [0.15, 0.2) is 56.6 Å². The summed E-state index contributed by atoms with van der Waals surface area (Å²) < 4.78 is 6.45. The number of hydrogen-bond donors (Lipinski definition) is 1. The molecule has 144 valence electrons. The van der Waals surface area contributed by atoms with E-state index in [1.165, 1.54) is 6.07 Å². The summed E-state index contributed by atoms with van der Waals surface area (Å²) in [6, 6.07) is 12.0. The lowest BCUT2D eigenvalue weighted by Crippen LogP contribution is -2.22. The van der Waals surface area contributed by atoms with Crippen LogP contribution in [0.2, 0.25) is 0 Å². The Kier molecular flexibility index (Phi) is 6.10. The van der Waals surface area contributed by atoms with Crippen LogP contribution in [0.4, 0.5) is 11.4 Å². The van der Waals surface area contributed by atoms with Crippen molar-refractivity contribution in [3.05, 3.63) is 62.6 Å². The number of amides is 1. The number of thioether (sulfide) groups is 1. The van der Waals surface area contributed by atoms with Crippen LogP contribution in [-0.4, -0.2) is 26.3 Å². The Bertz CT molecular complexity index is 1040. The molecule has 1 N–H and O–H groups in total. The predicted octanol–water partition coefficient (Wildman–Crippen LogP) is 4.84. The fourth-order valence-electron chi connectivity index (χ4n) is 2.33. The van der Waals surface area contributed by atoms with Crippen molar-refractivity contribution in [2.75, 3.05) is 5.32 Å². The van der Waals surface area contributed by atoms with Crippen LogP contribution in [-0.2, 0) is 4.79 Å². The summed E-state index contributed by atoms with van der Waals surface area (Å²) in [7, 11) is 0. The van der Waals surface area contributed by atoms with Gasteiger partial charge in [0.15, 0.2) is 0 Å². The van der Waals surface area contributed by atoms with E-state index in [0.29, 0.717) is 17.1 Å². The van der Waals surface area contributed by atoms with E-state index in [0.717, 1.165) is 21.8 Å². The van der Waals surface area contributed by atoms with E-state index in [1.807, 2.05) is 24.3 Å². The summed E-state index contributed by atoms with van der Waals surface area (Å²) in [5, 5.41) is 21.4. The number of hydrogen-bond acceptors (Lipinski definition) is 7. The number of nitrogens with one attached hydrogen (secondary N) is 1. The van der Waals surface area contributed by atoms with Gasteiger partial charge in [-0.25, -0.2) is 0 Å². The average molecular weight is 463 g/mol. The minimum atomic E-state index is -0.548. The molecular formula is C18H15BrN4O4S. The summed E-state index contributed by atoms with van der Waals surface area (Å²) in [4.78, 5) is 23.0. The first-order valence-electron chi connectivity index (χ1n) is 8.16. The molecule has 0 saturated carbocycles. The summed E-state index contributed by atoms with van der Waals surface area (Å²) in [6.45, 7) is 3.32. The highest BCUT2D eigenvalue weighted by Crippen LogP contribution is 2.31. The van der Waals surface area contributed by atoms with Crippen molar-refractivity contribution in [3.8, 4) is 11.5 Å². The molecule has 0 saturated heterocycles. The van der Waals surface area contributed by atoms with Crippen molar-refractivity contribution in [3.63, 3.8) is 0 Å². The Morgan fingerprint density at radius 3 is 2.75 bits per heavy atom. The van der Waals surface area contributed by atoms with Gasteiger partial charge in [-0.1, -0.05) is 30.0 Å².